The van der Waals surface area contributed by atoms with Gasteiger partial charge in [0.2, 0.25) is 0 Å². The van der Waals surface area contributed by atoms with Gasteiger partial charge in [0, 0.05) is 53.7 Å². The smallest absolute Gasteiger partial charge is 0.169 e. The van der Waals surface area contributed by atoms with Crippen molar-refractivity contribution in [3.8, 4) is 10.6 Å². The van der Waals surface area contributed by atoms with Crippen molar-refractivity contribution < 1.29 is 4.79 Å². The Hall–Kier alpha value is -3.23. The van der Waals surface area contributed by atoms with E-state index in [-0.39, 0.29) is 12.2 Å². The van der Waals surface area contributed by atoms with Gasteiger partial charge in [-0.2, -0.15) is 0 Å². The zero-order valence-corrected chi connectivity index (χ0v) is 18.2. The number of fused-ring (bicyclic) bond motifs is 1. The Kier molecular flexibility index (Phi) is 5.17. The van der Waals surface area contributed by atoms with Crippen LogP contribution in [-0.2, 0) is 6.42 Å². The van der Waals surface area contributed by atoms with Crippen LogP contribution in [0.3, 0.4) is 0 Å². The van der Waals surface area contributed by atoms with E-state index < -0.39 is 0 Å². The molecule has 0 aliphatic carbocycles. The Balaban J connectivity index is 1.34. The highest BCUT2D eigenvalue weighted by Crippen LogP contribution is 2.26. The first-order valence-electron chi connectivity index (χ1n) is 10.1. The van der Waals surface area contributed by atoms with E-state index in [1.807, 2.05) is 30.5 Å². The third-order valence-electron chi connectivity index (χ3n) is 5.71. The summed E-state index contributed by atoms with van der Waals surface area (Å²) in [7, 11) is 4.17. The molecule has 0 amide bonds. The molecular weight excluding hydrogens is 408 g/mol. The SMILES string of the molecule is CN(C)C1CN(c2cc(C(=O)Cc3cc4cc(-c5nncs5)ccc4cn3)ccn2)C1. The topological polar surface area (TPSA) is 75.1 Å². The van der Waals surface area contributed by atoms with Crippen molar-refractivity contribution >= 4 is 33.7 Å². The minimum absolute atomic E-state index is 0.0421. The lowest BCUT2D eigenvalue weighted by molar-refractivity contribution is 0.0992. The molecule has 5 rings (SSSR count). The summed E-state index contributed by atoms with van der Waals surface area (Å²) in [5.74, 6) is 0.901. The molecule has 0 radical (unpaired) electrons. The number of carbonyl (C=O) groups excluding carboxylic acids is 1. The van der Waals surface area contributed by atoms with Crippen LogP contribution in [0.4, 0.5) is 5.82 Å². The molecule has 0 bridgehead atoms. The Bertz CT molecular complexity index is 1230. The van der Waals surface area contributed by atoms with E-state index >= 15 is 0 Å². The van der Waals surface area contributed by atoms with E-state index in [0.29, 0.717) is 11.6 Å². The number of likely N-dealkylation sites (N-methyl/N-ethyl adjacent to an activating group) is 1. The van der Waals surface area contributed by atoms with Crippen LogP contribution in [0.1, 0.15) is 16.1 Å². The molecule has 1 aromatic carbocycles. The number of hydrogen-bond donors (Lipinski definition) is 0. The van der Waals surface area contributed by atoms with Crippen LogP contribution in [-0.4, -0.2) is 64.1 Å². The van der Waals surface area contributed by atoms with Gasteiger partial charge in [-0.3, -0.25) is 9.78 Å². The fourth-order valence-electron chi connectivity index (χ4n) is 3.72. The van der Waals surface area contributed by atoms with Gasteiger partial charge in [-0.25, -0.2) is 4.98 Å². The number of ketones is 1. The second kappa shape index (κ2) is 8.13. The van der Waals surface area contributed by atoms with E-state index in [1.165, 1.54) is 11.3 Å². The molecule has 0 spiro atoms. The van der Waals surface area contributed by atoms with Gasteiger partial charge in [0.25, 0.3) is 0 Å². The molecule has 0 atom stereocenters. The minimum Gasteiger partial charge on any atom is -0.353 e. The summed E-state index contributed by atoms with van der Waals surface area (Å²) in [6, 6.07) is 12.3. The molecular formula is C23H22N6OS. The van der Waals surface area contributed by atoms with E-state index in [9.17, 15) is 4.79 Å². The largest absolute Gasteiger partial charge is 0.353 e. The Morgan fingerprint density at radius 1 is 1.13 bits per heavy atom. The molecule has 1 aliphatic heterocycles. The number of anilines is 1. The first-order chi connectivity index (χ1) is 15.1. The van der Waals surface area contributed by atoms with Crippen LogP contribution < -0.4 is 4.90 Å². The highest BCUT2D eigenvalue weighted by atomic mass is 32.1. The summed E-state index contributed by atoms with van der Waals surface area (Å²) < 4.78 is 0. The fourth-order valence-corrected chi connectivity index (χ4v) is 4.27. The van der Waals surface area contributed by atoms with Gasteiger partial charge >= 0.3 is 0 Å². The van der Waals surface area contributed by atoms with Crippen molar-refractivity contribution in [2.24, 2.45) is 0 Å². The molecule has 0 N–H and O–H groups in total. The van der Waals surface area contributed by atoms with Crippen LogP contribution in [0.2, 0.25) is 0 Å². The van der Waals surface area contributed by atoms with Gasteiger partial charge < -0.3 is 9.80 Å². The predicted molar refractivity (Wildman–Crippen MR) is 123 cm³/mol. The van der Waals surface area contributed by atoms with E-state index in [4.69, 9.17) is 0 Å². The van der Waals surface area contributed by atoms with Gasteiger partial charge in [0.15, 0.2) is 5.78 Å². The Labute approximate surface area is 184 Å². The zero-order chi connectivity index (χ0) is 21.4. The van der Waals surface area contributed by atoms with Gasteiger partial charge in [-0.15, -0.1) is 10.2 Å². The van der Waals surface area contributed by atoms with E-state index in [2.05, 4.69) is 50.1 Å². The quantitative estimate of drug-likeness (QED) is 0.434. The lowest BCUT2D eigenvalue weighted by Gasteiger charge is -2.43. The molecule has 7 nitrogen and oxygen atoms in total. The molecule has 3 aromatic heterocycles. The van der Waals surface area contributed by atoms with E-state index in [0.717, 1.165) is 45.9 Å². The monoisotopic (exact) mass is 430 g/mol. The summed E-state index contributed by atoms with van der Waals surface area (Å²) in [5, 5.41) is 11.0. The Morgan fingerprint density at radius 2 is 2.00 bits per heavy atom. The molecule has 0 unspecified atom stereocenters. The number of benzene rings is 1. The van der Waals surface area contributed by atoms with Gasteiger partial charge in [-0.1, -0.05) is 23.5 Å². The third kappa shape index (κ3) is 4.04. The number of pyridine rings is 2. The van der Waals surface area contributed by atoms with Crippen LogP contribution >= 0.6 is 11.3 Å². The van der Waals surface area contributed by atoms with Gasteiger partial charge in [-0.05, 0) is 43.7 Å². The second-order valence-corrected chi connectivity index (χ2v) is 8.84. The maximum Gasteiger partial charge on any atom is 0.169 e. The zero-order valence-electron chi connectivity index (χ0n) is 17.4. The van der Waals surface area contributed by atoms with Crippen LogP contribution in [0.15, 0.2) is 54.3 Å². The summed E-state index contributed by atoms with van der Waals surface area (Å²) in [5.41, 5.74) is 4.16. The average Bonchev–Trinajstić information content (AvgIpc) is 3.27. The first kappa shape index (κ1) is 19.7. The van der Waals surface area contributed by atoms with Crippen molar-refractivity contribution in [3.05, 3.63) is 65.6 Å². The van der Waals surface area contributed by atoms with Crippen molar-refractivity contribution in [1.82, 2.24) is 25.1 Å². The summed E-state index contributed by atoms with van der Waals surface area (Å²) in [6.45, 7) is 1.86. The number of hydrogen-bond acceptors (Lipinski definition) is 8. The van der Waals surface area contributed by atoms with Crippen molar-refractivity contribution in [3.63, 3.8) is 0 Å². The molecule has 156 valence electrons. The lowest BCUT2D eigenvalue weighted by Crippen LogP contribution is -2.57. The molecule has 4 aromatic rings. The molecule has 31 heavy (non-hydrogen) atoms. The van der Waals surface area contributed by atoms with Gasteiger partial charge in [0.05, 0.1) is 6.42 Å². The third-order valence-corrected chi connectivity index (χ3v) is 6.45. The van der Waals surface area contributed by atoms with Gasteiger partial charge in [0.1, 0.15) is 16.3 Å². The molecule has 1 saturated heterocycles. The molecule has 4 heterocycles. The fraction of sp³-hybridized carbons (Fsp3) is 0.261. The average molecular weight is 431 g/mol. The van der Waals surface area contributed by atoms with Crippen LogP contribution in [0, 0.1) is 0 Å². The highest BCUT2D eigenvalue weighted by molar-refractivity contribution is 7.12. The molecule has 0 saturated carbocycles. The second-order valence-electron chi connectivity index (χ2n) is 8.01. The minimum atomic E-state index is 0.0421. The number of rotatable bonds is 6. The van der Waals surface area contributed by atoms with Crippen molar-refractivity contribution in [2.75, 3.05) is 32.1 Å². The summed E-state index contributed by atoms with van der Waals surface area (Å²) in [6.07, 6.45) is 3.79. The maximum absolute atomic E-state index is 12.9. The summed E-state index contributed by atoms with van der Waals surface area (Å²) in [4.78, 5) is 26.3. The number of carbonyl (C=O) groups is 1. The number of aromatic nitrogens is 4. The van der Waals surface area contributed by atoms with Crippen LogP contribution in [0.25, 0.3) is 21.3 Å². The maximum atomic E-state index is 12.9. The highest BCUT2D eigenvalue weighted by Gasteiger charge is 2.29. The predicted octanol–water partition coefficient (Wildman–Crippen LogP) is 3.32. The van der Waals surface area contributed by atoms with Crippen molar-refractivity contribution in [2.45, 2.75) is 12.5 Å². The standard InChI is InChI=1S/C23H22N6OS/c1-28(2)20-12-29(13-20)22-9-15(5-6-24-22)21(30)10-19-8-18-7-16(23-27-26-14-31-23)3-4-17(18)11-25-19/h3-9,11,14,20H,10,12-13H2,1-2H3. The number of nitrogens with zero attached hydrogens (tertiary/aromatic N) is 6. The van der Waals surface area contributed by atoms with Crippen molar-refractivity contribution in [1.29, 1.82) is 0 Å². The normalized spacial score (nSPS) is 14.2. The molecule has 1 aliphatic rings. The molecule has 8 heteroatoms. The summed E-state index contributed by atoms with van der Waals surface area (Å²) >= 11 is 1.50. The van der Waals surface area contributed by atoms with E-state index in [1.54, 1.807) is 17.8 Å². The Morgan fingerprint density at radius 3 is 2.77 bits per heavy atom. The molecule has 1 fully saturated rings. The first-order valence-corrected chi connectivity index (χ1v) is 11.0. The number of Topliss-reactive ketones (excluding diaryl/α,β-unsaturated/α-hetero) is 1. The lowest BCUT2D eigenvalue weighted by atomic mass is 10.0. The van der Waals surface area contributed by atoms with Crippen LogP contribution in [0.5, 0.6) is 0 Å².